The lowest BCUT2D eigenvalue weighted by atomic mass is 9.85. The zero-order chi connectivity index (χ0) is 21.3. The third-order valence-electron chi connectivity index (χ3n) is 5.52. The Balaban J connectivity index is 1.32. The lowest BCUT2D eigenvalue weighted by Gasteiger charge is -2.18. The lowest BCUT2D eigenvalue weighted by molar-refractivity contribution is -0.140. The van der Waals surface area contributed by atoms with Gasteiger partial charge in [-0.05, 0) is 37.1 Å². The van der Waals surface area contributed by atoms with Gasteiger partial charge in [0.1, 0.15) is 0 Å². The maximum atomic E-state index is 12.5. The number of likely N-dealkylation sites (tertiary alicyclic amines) is 1. The van der Waals surface area contributed by atoms with Gasteiger partial charge in [-0.1, -0.05) is 28.9 Å². The van der Waals surface area contributed by atoms with E-state index in [1.807, 2.05) is 12.2 Å². The Morgan fingerprint density at radius 1 is 1.17 bits per heavy atom. The predicted octanol–water partition coefficient (Wildman–Crippen LogP) is 2.69. The molecular formula is C21H21ClN4O4. The predicted molar refractivity (Wildman–Crippen MR) is 108 cm³/mol. The third-order valence-corrected chi connectivity index (χ3v) is 5.77. The smallest absolute Gasteiger partial charge is 0.246 e. The van der Waals surface area contributed by atoms with Gasteiger partial charge >= 0.3 is 0 Å². The standard InChI is InChI=1S/C21H21ClN4O4/c1-25(12-17-23-19(24-30-17)13-6-8-14(22)9-7-13)18(27)10-11-26-20(28)15-4-2-3-5-16(15)21(26)29/h2-3,6-9,15-16H,4-5,10-12H2,1H3/t15-,16-/m1/s1. The van der Waals surface area contributed by atoms with Gasteiger partial charge in [0, 0.05) is 30.6 Å². The number of hydrogen-bond acceptors (Lipinski definition) is 6. The molecule has 0 bridgehead atoms. The first-order valence-corrected chi connectivity index (χ1v) is 10.1. The molecule has 30 heavy (non-hydrogen) atoms. The number of nitrogens with zero attached hydrogens (tertiary/aromatic N) is 4. The van der Waals surface area contributed by atoms with Crippen LogP contribution < -0.4 is 0 Å². The summed E-state index contributed by atoms with van der Waals surface area (Å²) >= 11 is 5.88. The molecule has 0 radical (unpaired) electrons. The summed E-state index contributed by atoms with van der Waals surface area (Å²) in [6.07, 6.45) is 5.12. The Kier molecular flexibility index (Phi) is 5.67. The van der Waals surface area contributed by atoms with E-state index in [9.17, 15) is 14.4 Å². The van der Waals surface area contributed by atoms with Crippen LogP contribution in [0, 0.1) is 11.8 Å². The van der Waals surface area contributed by atoms with E-state index in [1.54, 1.807) is 31.3 Å². The summed E-state index contributed by atoms with van der Waals surface area (Å²) in [4.78, 5) is 44.5. The highest BCUT2D eigenvalue weighted by Gasteiger charge is 2.46. The second-order valence-corrected chi connectivity index (χ2v) is 7.94. The second-order valence-electron chi connectivity index (χ2n) is 7.50. The Morgan fingerprint density at radius 3 is 2.43 bits per heavy atom. The fraction of sp³-hybridized carbons (Fsp3) is 0.381. The van der Waals surface area contributed by atoms with Crippen LogP contribution in [0.15, 0.2) is 40.9 Å². The molecule has 1 fully saturated rings. The summed E-state index contributed by atoms with van der Waals surface area (Å²) in [6, 6.07) is 7.03. The molecule has 0 unspecified atom stereocenters. The van der Waals surface area contributed by atoms with Crippen LogP contribution in [0.1, 0.15) is 25.2 Å². The number of rotatable bonds is 6. The average Bonchev–Trinajstić information content (AvgIpc) is 3.30. The molecule has 8 nitrogen and oxygen atoms in total. The number of hydrogen-bond donors (Lipinski definition) is 0. The SMILES string of the molecule is CN(Cc1nc(-c2ccc(Cl)cc2)no1)C(=O)CCN1C(=O)[C@@H]2CC=CC[C@H]2C1=O. The van der Waals surface area contributed by atoms with Gasteiger partial charge in [0.05, 0.1) is 18.4 Å². The number of allylic oxidation sites excluding steroid dienone is 2. The topological polar surface area (TPSA) is 96.6 Å². The van der Waals surface area contributed by atoms with E-state index in [0.717, 1.165) is 5.56 Å². The highest BCUT2D eigenvalue weighted by molar-refractivity contribution is 6.30. The van der Waals surface area contributed by atoms with Crippen molar-refractivity contribution in [1.29, 1.82) is 0 Å². The van der Waals surface area contributed by atoms with Gasteiger partial charge in [-0.25, -0.2) is 0 Å². The van der Waals surface area contributed by atoms with Crippen molar-refractivity contribution in [1.82, 2.24) is 19.9 Å². The van der Waals surface area contributed by atoms with E-state index in [4.69, 9.17) is 16.1 Å². The first-order chi connectivity index (χ1) is 14.4. The second kappa shape index (κ2) is 8.39. The van der Waals surface area contributed by atoms with Crippen molar-refractivity contribution < 1.29 is 18.9 Å². The van der Waals surface area contributed by atoms with Gasteiger partial charge in [-0.15, -0.1) is 0 Å². The highest BCUT2D eigenvalue weighted by atomic mass is 35.5. The molecule has 2 aliphatic rings. The Hall–Kier alpha value is -3.00. The molecule has 2 aromatic rings. The van der Waals surface area contributed by atoms with Gasteiger partial charge in [-0.3, -0.25) is 19.3 Å². The molecule has 156 valence electrons. The van der Waals surface area contributed by atoms with Crippen LogP contribution in [-0.2, 0) is 20.9 Å². The molecule has 9 heteroatoms. The number of carbonyl (C=O) groups is 3. The normalized spacial score (nSPS) is 20.5. The summed E-state index contributed by atoms with van der Waals surface area (Å²) < 4.78 is 5.23. The highest BCUT2D eigenvalue weighted by Crippen LogP contribution is 2.35. The summed E-state index contributed by atoms with van der Waals surface area (Å²) in [5.41, 5.74) is 0.755. The number of benzene rings is 1. The fourth-order valence-corrected chi connectivity index (χ4v) is 3.94. The molecule has 1 aromatic carbocycles. The third kappa shape index (κ3) is 4.00. The summed E-state index contributed by atoms with van der Waals surface area (Å²) in [5.74, 6) is -0.410. The number of carbonyl (C=O) groups excluding carboxylic acids is 3. The summed E-state index contributed by atoms with van der Waals surface area (Å²) in [6.45, 7) is 0.226. The maximum Gasteiger partial charge on any atom is 0.246 e. The lowest BCUT2D eigenvalue weighted by Crippen LogP contribution is -2.36. The van der Waals surface area contributed by atoms with Crippen LogP contribution in [-0.4, -0.2) is 51.3 Å². The van der Waals surface area contributed by atoms with E-state index in [-0.39, 0.29) is 49.1 Å². The van der Waals surface area contributed by atoms with Crippen LogP contribution in [0.3, 0.4) is 0 Å². The zero-order valence-electron chi connectivity index (χ0n) is 16.5. The van der Waals surface area contributed by atoms with Crippen molar-refractivity contribution in [2.45, 2.75) is 25.8 Å². The van der Waals surface area contributed by atoms with E-state index in [0.29, 0.717) is 29.6 Å². The molecular weight excluding hydrogens is 408 g/mol. The van der Waals surface area contributed by atoms with Crippen LogP contribution in [0.5, 0.6) is 0 Å². The molecule has 1 aliphatic carbocycles. The summed E-state index contributed by atoms with van der Waals surface area (Å²) in [7, 11) is 1.62. The molecule has 3 amide bonds. The summed E-state index contributed by atoms with van der Waals surface area (Å²) in [5, 5.41) is 4.54. The molecule has 1 aromatic heterocycles. The van der Waals surface area contributed by atoms with Crippen LogP contribution in [0.4, 0.5) is 0 Å². The number of halogens is 1. The minimum absolute atomic E-state index is 0.0546. The van der Waals surface area contributed by atoms with Crippen molar-refractivity contribution in [3.8, 4) is 11.4 Å². The number of fused-ring (bicyclic) bond motifs is 1. The quantitative estimate of drug-likeness (QED) is 0.518. The van der Waals surface area contributed by atoms with Gasteiger partial charge in [0.15, 0.2) is 0 Å². The molecule has 2 atom stereocenters. The van der Waals surface area contributed by atoms with Crippen molar-refractivity contribution in [2.24, 2.45) is 11.8 Å². The monoisotopic (exact) mass is 428 g/mol. The van der Waals surface area contributed by atoms with Gasteiger partial charge in [-0.2, -0.15) is 4.98 Å². The van der Waals surface area contributed by atoms with Crippen LogP contribution in [0.25, 0.3) is 11.4 Å². The van der Waals surface area contributed by atoms with E-state index < -0.39 is 0 Å². The van der Waals surface area contributed by atoms with Crippen LogP contribution in [0.2, 0.25) is 5.02 Å². The van der Waals surface area contributed by atoms with E-state index >= 15 is 0 Å². The first-order valence-electron chi connectivity index (χ1n) is 9.76. The van der Waals surface area contributed by atoms with Gasteiger partial charge in [0.25, 0.3) is 0 Å². The Bertz CT molecular complexity index is 975. The van der Waals surface area contributed by atoms with Crippen molar-refractivity contribution in [2.75, 3.05) is 13.6 Å². The molecule has 1 aliphatic heterocycles. The molecule has 4 rings (SSSR count). The average molecular weight is 429 g/mol. The number of imide groups is 1. The molecule has 0 spiro atoms. The van der Waals surface area contributed by atoms with E-state index in [2.05, 4.69) is 10.1 Å². The van der Waals surface area contributed by atoms with Crippen molar-refractivity contribution in [3.63, 3.8) is 0 Å². The molecule has 1 saturated heterocycles. The zero-order valence-corrected chi connectivity index (χ0v) is 17.2. The minimum atomic E-state index is -0.278. The first kappa shape index (κ1) is 20.3. The fourth-order valence-electron chi connectivity index (χ4n) is 3.81. The van der Waals surface area contributed by atoms with Crippen molar-refractivity contribution >= 4 is 29.3 Å². The molecule has 0 N–H and O–H groups in total. The van der Waals surface area contributed by atoms with Crippen molar-refractivity contribution in [3.05, 3.63) is 47.3 Å². The number of aromatic nitrogens is 2. The molecule has 2 heterocycles. The largest absolute Gasteiger partial charge is 0.337 e. The van der Waals surface area contributed by atoms with Gasteiger partial charge < -0.3 is 9.42 Å². The molecule has 0 saturated carbocycles. The minimum Gasteiger partial charge on any atom is -0.337 e. The van der Waals surface area contributed by atoms with E-state index in [1.165, 1.54) is 9.80 Å². The van der Waals surface area contributed by atoms with Gasteiger partial charge in [0.2, 0.25) is 29.4 Å². The Labute approximate surface area is 178 Å². The maximum absolute atomic E-state index is 12.5. The number of amides is 3. The Morgan fingerprint density at radius 2 is 1.80 bits per heavy atom. The van der Waals surface area contributed by atoms with Crippen LogP contribution >= 0.6 is 11.6 Å².